The molecule has 0 bridgehead atoms. The molecule has 0 aliphatic heterocycles. The molecule has 7 nitrogen and oxygen atoms in total. The maximum Gasteiger partial charge on any atom is 0.260 e. The van der Waals surface area contributed by atoms with Gasteiger partial charge in [0.1, 0.15) is 10.8 Å². The van der Waals surface area contributed by atoms with Crippen LogP contribution in [0.5, 0.6) is 5.75 Å². The second kappa shape index (κ2) is 9.95. The first-order chi connectivity index (χ1) is 16.0. The highest BCUT2D eigenvalue weighted by Crippen LogP contribution is 2.33. The molecule has 0 fully saturated rings. The SMILES string of the molecule is CCOc1ccccc1-c1nc(CC(=O)Nc2c(C)cccc2-c2nc(C(C)C)no2)cs1. The lowest BCUT2D eigenvalue weighted by Gasteiger charge is -2.11. The predicted molar refractivity (Wildman–Crippen MR) is 130 cm³/mol. The van der Waals surface area contributed by atoms with Gasteiger partial charge in [0.25, 0.3) is 5.89 Å². The van der Waals surface area contributed by atoms with Crippen LogP contribution in [-0.2, 0) is 11.2 Å². The van der Waals surface area contributed by atoms with Crippen LogP contribution < -0.4 is 10.1 Å². The maximum atomic E-state index is 12.9. The van der Waals surface area contributed by atoms with Gasteiger partial charge in [-0.3, -0.25) is 4.79 Å². The highest BCUT2D eigenvalue weighted by Gasteiger charge is 2.19. The van der Waals surface area contributed by atoms with Gasteiger partial charge in [0, 0.05) is 11.3 Å². The van der Waals surface area contributed by atoms with E-state index in [2.05, 4.69) is 20.4 Å². The van der Waals surface area contributed by atoms with Crippen LogP contribution in [0.3, 0.4) is 0 Å². The zero-order valence-corrected chi connectivity index (χ0v) is 19.9. The number of rotatable bonds is 8. The Bertz CT molecular complexity index is 1260. The first kappa shape index (κ1) is 22.7. The van der Waals surface area contributed by atoms with Gasteiger partial charge in [0.15, 0.2) is 5.82 Å². The number of benzene rings is 2. The molecule has 0 spiro atoms. The normalized spacial score (nSPS) is 11.1. The molecule has 1 N–H and O–H groups in total. The summed E-state index contributed by atoms with van der Waals surface area (Å²) in [5.74, 6) is 1.80. The Balaban J connectivity index is 1.53. The fourth-order valence-electron chi connectivity index (χ4n) is 3.38. The third-order valence-corrected chi connectivity index (χ3v) is 5.96. The van der Waals surface area contributed by atoms with Gasteiger partial charge in [0.2, 0.25) is 5.91 Å². The fourth-order valence-corrected chi connectivity index (χ4v) is 4.22. The number of hydrogen-bond donors (Lipinski definition) is 1. The van der Waals surface area contributed by atoms with Crippen molar-refractivity contribution in [2.45, 2.75) is 40.0 Å². The minimum Gasteiger partial charge on any atom is -0.493 e. The van der Waals surface area contributed by atoms with E-state index < -0.39 is 0 Å². The van der Waals surface area contributed by atoms with Crippen molar-refractivity contribution in [2.24, 2.45) is 0 Å². The lowest BCUT2D eigenvalue weighted by Crippen LogP contribution is -2.16. The second-order valence-electron chi connectivity index (χ2n) is 7.91. The summed E-state index contributed by atoms with van der Waals surface area (Å²) in [5.41, 5.74) is 3.91. The number of anilines is 1. The topological polar surface area (TPSA) is 90.1 Å². The largest absolute Gasteiger partial charge is 0.493 e. The summed E-state index contributed by atoms with van der Waals surface area (Å²) in [6.07, 6.45) is 0.155. The van der Waals surface area contributed by atoms with Gasteiger partial charge in [-0.1, -0.05) is 43.3 Å². The summed E-state index contributed by atoms with van der Waals surface area (Å²) < 4.78 is 11.2. The minimum absolute atomic E-state index is 0.150. The van der Waals surface area contributed by atoms with E-state index >= 15 is 0 Å². The standard InChI is InChI=1S/C25H26N4O3S/c1-5-31-20-12-7-6-10-18(20)25-26-17(14-33-25)13-21(30)27-22-16(4)9-8-11-19(22)24-28-23(15(2)3)29-32-24/h6-12,14-15H,5,13H2,1-4H3,(H,27,30). The third kappa shape index (κ3) is 5.12. The van der Waals surface area contributed by atoms with Crippen molar-refractivity contribution < 1.29 is 14.1 Å². The van der Waals surface area contributed by atoms with Crippen LogP contribution in [0.2, 0.25) is 0 Å². The number of nitrogens with zero attached hydrogens (tertiary/aromatic N) is 3. The van der Waals surface area contributed by atoms with Crippen molar-refractivity contribution in [3.05, 3.63) is 64.9 Å². The highest BCUT2D eigenvalue weighted by atomic mass is 32.1. The van der Waals surface area contributed by atoms with Crippen LogP contribution in [0.25, 0.3) is 22.0 Å². The fraction of sp³-hybridized carbons (Fsp3) is 0.280. The first-order valence-corrected chi connectivity index (χ1v) is 11.7. The zero-order valence-electron chi connectivity index (χ0n) is 19.1. The Morgan fingerprint density at radius 3 is 2.67 bits per heavy atom. The van der Waals surface area contributed by atoms with Crippen molar-refractivity contribution in [1.29, 1.82) is 0 Å². The van der Waals surface area contributed by atoms with Gasteiger partial charge in [0.05, 0.1) is 35.5 Å². The molecule has 4 rings (SSSR count). The number of aryl methyl sites for hydroxylation is 1. The van der Waals surface area contributed by atoms with Crippen LogP contribution in [0.15, 0.2) is 52.4 Å². The summed E-state index contributed by atoms with van der Waals surface area (Å²) >= 11 is 1.50. The van der Waals surface area contributed by atoms with Gasteiger partial charge in [-0.15, -0.1) is 11.3 Å². The van der Waals surface area contributed by atoms with Gasteiger partial charge in [-0.25, -0.2) is 4.98 Å². The van der Waals surface area contributed by atoms with Crippen LogP contribution in [-0.4, -0.2) is 27.6 Å². The Morgan fingerprint density at radius 1 is 1.12 bits per heavy atom. The number of ether oxygens (including phenoxy) is 1. The number of carbonyl (C=O) groups is 1. The van der Waals surface area contributed by atoms with E-state index in [4.69, 9.17) is 9.26 Å². The molecule has 33 heavy (non-hydrogen) atoms. The van der Waals surface area contributed by atoms with E-state index in [0.717, 1.165) is 21.9 Å². The maximum absolute atomic E-state index is 12.9. The summed E-state index contributed by atoms with van der Waals surface area (Å²) in [6, 6.07) is 13.5. The molecular formula is C25H26N4O3S. The molecule has 0 aliphatic carbocycles. The van der Waals surface area contributed by atoms with E-state index in [-0.39, 0.29) is 18.2 Å². The number of para-hydroxylation sites is 2. The molecule has 1 amide bonds. The number of hydrogen-bond acceptors (Lipinski definition) is 7. The molecule has 2 heterocycles. The number of carbonyl (C=O) groups excluding carboxylic acids is 1. The average molecular weight is 463 g/mol. The van der Waals surface area contributed by atoms with Crippen molar-refractivity contribution in [1.82, 2.24) is 15.1 Å². The molecular weight excluding hydrogens is 436 g/mol. The number of nitrogens with one attached hydrogen (secondary N) is 1. The summed E-state index contributed by atoms with van der Waals surface area (Å²) in [4.78, 5) is 22.1. The molecule has 8 heteroatoms. The molecule has 0 radical (unpaired) electrons. The van der Waals surface area contributed by atoms with Crippen molar-refractivity contribution >= 4 is 22.9 Å². The van der Waals surface area contributed by atoms with Crippen LogP contribution in [0.4, 0.5) is 5.69 Å². The second-order valence-corrected chi connectivity index (χ2v) is 8.77. The molecule has 0 atom stereocenters. The van der Waals surface area contributed by atoms with Crippen molar-refractivity contribution in [3.8, 4) is 27.8 Å². The van der Waals surface area contributed by atoms with E-state index in [9.17, 15) is 4.79 Å². The molecule has 2 aromatic heterocycles. The Kier molecular flexibility index (Phi) is 6.84. The minimum atomic E-state index is -0.163. The zero-order chi connectivity index (χ0) is 23.4. The third-order valence-electron chi connectivity index (χ3n) is 5.04. The summed E-state index contributed by atoms with van der Waals surface area (Å²) in [6.45, 7) is 8.47. The average Bonchev–Trinajstić information content (AvgIpc) is 3.46. The van der Waals surface area contributed by atoms with Gasteiger partial charge >= 0.3 is 0 Å². The van der Waals surface area contributed by atoms with Gasteiger partial charge < -0.3 is 14.6 Å². The smallest absolute Gasteiger partial charge is 0.260 e. The van der Waals surface area contributed by atoms with E-state index in [1.165, 1.54) is 11.3 Å². The summed E-state index contributed by atoms with van der Waals surface area (Å²) in [7, 11) is 0. The first-order valence-electron chi connectivity index (χ1n) is 10.9. The van der Waals surface area contributed by atoms with E-state index in [0.29, 0.717) is 35.3 Å². The quantitative estimate of drug-likeness (QED) is 0.352. The van der Waals surface area contributed by atoms with Crippen molar-refractivity contribution in [3.63, 3.8) is 0 Å². The molecule has 170 valence electrons. The van der Waals surface area contributed by atoms with Crippen molar-refractivity contribution in [2.75, 3.05) is 11.9 Å². The Morgan fingerprint density at radius 2 is 1.91 bits per heavy atom. The number of thiazole rings is 1. The highest BCUT2D eigenvalue weighted by molar-refractivity contribution is 7.13. The van der Waals surface area contributed by atoms with E-state index in [1.54, 1.807) is 0 Å². The molecule has 0 saturated heterocycles. The van der Waals surface area contributed by atoms with Crippen LogP contribution in [0, 0.1) is 6.92 Å². The molecule has 0 unspecified atom stereocenters. The predicted octanol–water partition coefficient (Wildman–Crippen LogP) is 5.87. The van der Waals surface area contributed by atoms with E-state index in [1.807, 2.05) is 75.5 Å². The molecule has 0 aliphatic rings. The lowest BCUT2D eigenvalue weighted by molar-refractivity contribution is -0.115. The van der Waals surface area contributed by atoms with Gasteiger partial charge in [-0.05, 0) is 37.6 Å². The Labute approximate surface area is 196 Å². The summed E-state index contributed by atoms with van der Waals surface area (Å²) in [5, 5.41) is 9.79. The molecule has 2 aromatic carbocycles. The lowest BCUT2D eigenvalue weighted by atomic mass is 10.1. The Hall–Kier alpha value is -3.52. The number of amides is 1. The monoisotopic (exact) mass is 462 g/mol. The molecule has 4 aromatic rings. The molecule has 0 saturated carbocycles. The van der Waals surface area contributed by atoms with Crippen LogP contribution >= 0.6 is 11.3 Å². The van der Waals surface area contributed by atoms with Crippen LogP contribution in [0.1, 0.15) is 43.8 Å². The van der Waals surface area contributed by atoms with Gasteiger partial charge in [-0.2, -0.15) is 4.98 Å². The number of aromatic nitrogens is 3.